The quantitative estimate of drug-likeness (QED) is 0.747. The van der Waals surface area contributed by atoms with Crippen LogP contribution in [0.2, 0.25) is 0 Å². The van der Waals surface area contributed by atoms with E-state index in [4.69, 9.17) is 0 Å². The fourth-order valence-electron chi connectivity index (χ4n) is 3.43. The van der Waals surface area contributed by atoms with Crippen LogP contribution in [-0.4, -0.2) is 20.1 Å². The highest BCUT2D eigenvalue weighted by molar-refractivity contribution is 5.90. The third-order valence-electron chi connectivity index (χ3n) is 4.65. The van der Waals surface area contributed by atoms with Crippen LogP contribution in [0.25, 0.3) is 5.52 Å². The molecular formula is C19H20N4O2. The van der Waals surface area contributed by atoms with Gasteiger partial charge in [0.1, 0.15) is 12.1 Å². The molecule has 4 rings (SSSR count). The standard InChI is InChI=1S/C19H20N4O2/c24-17(20-14-7-3-1-4-8-14)13-22-11-12-23-18(19(22)25)15-9-5-2-6-10-16(15)21-23/h1,3-4,7-8,11-12H,2,5-6,9-10,13H2,(H,20,24). The first-order valence-electron chi connectivity index (χ1n) is 8.67. The molecule has 2 heterocycles. The molecule has 0 atom stereocenters. The maximum absolute atomic E-state index is 12.9. The Kier molecular flexibility index (Phi) is 4.09. The molecule has 6 nitrogen and oxygen atoms in total. The molecule has 1 aliphatic rings. The van der Waals surface area contributed by atoms with Crippen molar-refractivity contribution in [3.63, 3.8) is 0 Å². The molecule has 1 aromatic carbocycles. The SMILES string of the molecule is O=C(Cn1ccn2nc3c(c2c1=O)CCCCC3)Nc1ccccc1. The number of benzene rings is 1. The van der Waals surface area contributed by atoms with E-state index in [-0.39, 0.29) is 18.0 Å². The number of aromatic nitrogens is 3. The molecular weight excluding hydrogens is 316 g/mol. The van der Waals surface area contributed by atoms with E-state index in [1.165, 1.54) is 11.0 Å². The second kappa shape index (κ2) is 6.55. The molecule has 0 saturated carbocycles. The first-order chi connectivity index (χ1) is 12.2. The van der Waals surface area contributed by atoms with Crippen molar-refractivity contribution in [2.24, 2.45) is 0 Å². The summed E-state index contributed by atoms with van der Waals surface area (Å²) in [7, 11) is 0. The molecule has 1 amide bonds. The van der Waals surface area contributed by atoms with Crippen molar-refractivity contribution < 1.29 is 4.79 Å². The van der Waals surface area contributed by atoms with E-state index < -0.39 is 0 Å². The van der Waals surface area contributed by atoms with Crippen LogP contribution in [0.4, 0.5) is 5.69 Å². The minimum absolute atomic E-state index is 0.00974. The number of amides is 1. The lowest BCUT2D eigenvalue weighted by Crippen LogP contribution is -2.28. The number of rotatable bonds is 3. The van der Waals surface area contributed by atoms with Crippen LogP contribution in [-0.2, 0) is 24.2 Å². The zero-order valence-electron chi connectivity index (χ0n) is 13.9. The average molecular weight is 336 g/mol. The van der Waals surface area contributed by atoms with Crippen LogP contribution in [0.5, 0.6) is 0 Å². The van der Waals surface area contributed by atoms with E-state index in [1.807, 2.05) is 30.3 Å². The maximum atomic E-state index is 12.9. The number of hydrogen-bond donors (Lipinski definition) is 1. The lowest BCUT2D eigenvalue weighted by Gasteiger charge is -2.08. The highest BCUT2D eigenvalue weighted by Gasteiger charge is 2.19. The summed E-state index contributed by atoms with van der Waals surface area (Å²) in [4.78, 5) is 25.1. The van der Waals surface area contributed by atoms with Gasteiger partial charge < -0.3 is 9.88 Å². The van der Waals surface area contributed by atoms with Crippen molar-refractivity contribution in [2.75, 3.05) is 5.32 Å². The highest BCUT2D eigenvalue weighted by atomic mass is 16.2. The molecule has 6 heteroatoms. The van der Waals surface area contributed by atoms with E-state index in [0.29, 0.717) is 5.52 Å². The van der Waals surface area contributed by atoms with E-state index in [2.05, 4.69) is 10.4 Å². The van der Waals surface area contributed by atoms with Crippen molar-refractivity contribution in [1.82, 2.24) is 14.2 Å². The van der Waals surface area contributed by atoms with Gasteiger partial charge in [0.05, 0.1) is 5.69 Å². The summed E-state index contributed by atoms with van der Waals surface area (Å²) in [5, 5.41) is 7.38. The van der Waals surface area contributed by atoms with Gasteiger partial charge in [-0.15, -0.1) is 0 Å². The van der Waals surface area contributed by atoms with Gasteiger partial charge in [-0.2, -0.15) is 5.10 Å². The Hall–Kier alpha value is -2.89. The van der Waals surface area contributed by atoms with E-state index in [1.54, 1.807) is 16.9 Å². The zero-order valence-corrected chi connectivity index (χ0v) is 13.9. The number of nitrogens with zero attached hydrogens (tertiary/aromatic N) is 3. The number of anilines is 1. The monoisotopic (exact) mass is 336 g/mol. The highest BCUT2D eigenvalue weighted by Crippen LogP contribution is 2.22. The first kappa shape index (κ1) is 15.6. The number of hydrogen-bond acceptors (Lipinski definition) is 3. The summed E-state index contributed by atoms with van der Waals surface area (Å²) in [5.41, 5.74) is 3.27. The Morgan fingerprint density at radius 2 is 1.88 bits per heavy atom. The molecule has 1 aliphatic carbocycles. The molecule has 0 bridgehead atoms. The van der Waals surface area contributed by atoms with Gasteiger partial charge in [-0.05, 0) is 37.8 Å². The van der Waals surface area contributed by atoms with Gasteiger partial charge in [-0.3, -0.25) is 9.59 Å². The Morgan fingerprint density at radius 3 is 2.72 bits per heavy atom. The summed E-state index contributed by atoms with van der Waals surface area (Å²) in [6.45, 7) is -0.00974. The molecule has 0 saturated heterocycles. The number of aryl methyl sites for hydroxylation is 2. The van der Waals surface area contributed by atoms with Crippen molar-refractivity contribution in [2.45, 2.75) is 38.6 Å². The van der Waals surface area contributed by atoms with Gasteiger partial charge in [0.15, 0.2) is 0 Å². The largest absolute Gasteiger partial charge is 0.325 e. The Labute approximate surface area is 145 Å². The van der Waals surface area contributed by atoms with Crippen LogP contribution >= 0.6 is 0 Å². The third-order valence-corrected chi connectivity index (χ3v) is 4.65. The second-order valence-electron chi connectivity index (χ2n) is 6.42. The third kappa shape index (κ3) is 3.07. The Balaban J connectivity index is 1.64. The van der Waals surface area contributed by atoms with Crippen molar-refractivity contribution in [3.8, 4) is 0 Å². The minimum atomic E-state index is -0.219. The number of carbonyl (C=O) groups is 1. The van der Waals surface area contributed by atoms with Gasteiger partial charge in [0.25, 0.3) is 5.56 Å². The molecule has 0 spiro atoms. The van der Waals surface area contributed by atoms with Crippen LogP contribution < -0.4 is 10.9 Å². The molecule has 25 heavy (non-hydrogen) atoms. The molecule has 0 fully saturated rings. The number of carbonyl (C=O) groups excluding carboxylic acids is 1. The minimum Gasteiger partial charge on any atom is -0.325 e. The van der Waals surface area contributed by atoms with E-state index in [0.717, 1.165) is 42.6 Å². The second-order valence-corrected chi connectivity index (χ2v) is 6.42. The number of para-hydroxylation sites is 1. The topological polar surface area (TPSA) is 68.4 Å². The first-order valence-corrected chi connectivity index (χ1v) is 8.67. The van der Waals surface area contributed by atoms with Crippen molar-refractivity contribution in [1.29, 1.82) is 0 Å². The van der Waals surface area contributed by atoms with Crippen LogP contribution in [0.1, 0.15) is 30.5 Å². The normalized spacial score (nSPS) is 14.1. The summed E-state index contributed by atoms with van der Waals surface area (Å²) >= 11 is 0. The zero-order chi connectivity index (χ0) is 17.2. The summed E-state index contributed by atoms with van der Waals surface area (Å²) in [6.07, 6.45) is 8.57. The van der Waals surface area contributed by atoms with Crippen LogP contribution in [0, 0.1) is 0 Å². The summed E-state index contributed by atoms with van der Waals surface area (Å²) in [5.74, 6) is -0.219. The lowest BCUT2D eigenvalue weighted by atomic mass is 10.1. The van der Waals surface area contributed by atoms with Crippen LogP contribution in [0.3, 0.4) is 0 Å². The fraction of sp³-hybridized carbons (Fsp3) is 0.316. The molecule has 128 valence electrons. The number of nitrogens with one attached hydrogen (secondary N) is 1. The van der Waals surface area contributed by atoms with E-state index >= 15 is 0 Å². The molecule has 2 aromatic heterocycles. The average Bonchev–Trinajstić information content (AvgIpc) is 2.81. The fourth-order valence-corrected chi connectivity index (χ4v) is 3.43. The maximum Gasteiger partial charge on any atom is 0.277 e. The molecule has 0 unspecified atom stereocenters. The predicted octanol–water partition coefficient (Wildman–Crippen LogP) is 2.40. The van der Waals surface area contributed by atoms with Gasteiger partial charge in [0.2, 0.25) is 5.91 Å². The molecule has 0 radical (unpaired) electrons. The lowest BCUT2D eigenvalue weighted by molar-refractivity contribution is -0.116. The van der Waals surface area contributed by atoms with Gasteiger partial charge in [-0.1, -0.05) is 24.6 Å². The van der Waals surface area contributed by atoms with E-state index in [9.17, 15) is 9.59 Å². The van der Waals surface area contributed by atoms with Crippen molar-refractivity contribution in [3.05, 3.63) is 64.3 Å². The Bertz CT molecular complexity index is 972. The predicted molar refractivity (Wildman–Crippen MR) is 95.8 cm³/mol. The van der Waals surface area contributed by atoms with Crippen LogP contribution in [0.15, 0.2) is 47.5 Å². The van der Waals surface area contributed by atoms with Gasteiger partial charge in [-0.25, -0.2) is 4.52 Å². The van der Waals surface area contributed by atoms with Gasteiger partial charge in [0, 0.05) is 23.6 Å². The Morgan fingerprint density at radius 1 is 1.08 bits per heavy atom. The van der Waals surface area contributed by atoms with Gasteiger partial charge >= 0.3 is 0 Å². The molecule has 0 aliphatic heterocycles. The molecule has 3 aromatic rings. The smallest absolute Gasteiger partial charge is 0.277 e. The number of fused-ring (bicyclic) bond motifs is 3. The summed E-state index contributed by atoms with van der Waals surface area (Å²) < 4.78 is 3.13. The van der Waals surface area contributed by atoms with Crippen molar-refractivity contribution >= 4 is 17.1 Å². The summed E-state index contributed by atoms with van der Waals surface area (Å²) in [6, 6.07) is 9.24. The molecule has 1 N–H and O–H groups in total.